The smallest absolute Gasteiger partial charge is 0.103 e. The Kier molecular flexibility index (Phi) is 8.18. The molecule has 3 nitrogen and oxygen atoms in total. The molecule has 1 atom stereocenters. The summed E-state index contributed by atoms with van der Waals surface area (Å²) in [7, 11) is 0. The minimum atomic E-state index is -0.331. The average Bonchev–Trinajstić information content (AvgIpc) is 3.25. The number of hydrogen-bond donors (Lipinski definition) is 1. The van der Waals surface area contributed by atoms with Crippen molar-refractivity contribution in [2.45, 2.75) is 71.3 Å². The second-order valence-corrected chi connectivity index (χ2v) is 6.57. The first-order valence-electron chi connectivity index (χ1n) is 8.52. The molecule has 0 aromatic heterocycles. The highest BCUT2D eigenvalue weighted by Crippen LogP contribution is 2.29. The van der Waals surface area contributed by atoms with Crippen LogP contribution in [0.3, 0.4) is 0 Å². The van der Waals surface area contributed by atoms with Crippen molar-refractivity contribution in [3.05, 3.63) is 0 Å². The monoisotopic (exact) mass is 279 g/mol. The number of nitriles is 1. The summed E-state index contributed by atoms with van der Waals surface area (Å²) >= 11 is 0. The molecule has 0 bridgehead atoms. The van der Waals surface area contributed by atoms with E-state index < -0.39 is 0 Å². The van der Waals surface area contributed by atoms with Crippen LogP contribution in [0.25, 0.3) is 0 Å². The third kappa shape index (κ3) is 7.26. The highest BCUT2D eigenvalue weighted by molar-refractivity contribution is 5.03. The lowest BCUT2D eigenvalue weighted by Gasteiger charge is -2.25. The van der Waals surface area contributed by atoms with E-state index in [9.17, 15) is 5.26 Å². The molecule has 1 rings (SSSR count). The van der Waals surface area contributed by atoms with Crippen LogP contribution in [0, 0.1) is 17.2 Å². The van der Waals surface area contributed by atoms with Crippen molar-refractivity contribution >= 4 is 0 Å². The molecule has 0 radical (unpaired) electrons. The molecular weight excluding hydrogens is 246 g/mol. The summed E-state index contributed by atoms with van der Waals surface area (Å²) in [5.74, 6) is 0.983. The van der Waals surface area contributed by atoms with Gasteiger partial charge in [-0.05, 0) is 77.4 Å². The highest BCUT2D eigenvalue weighted by Gasteiger charge is 2.24. The van der Waals surface area contributed by atoms with Crippen molar-refractivity contribution in [1.29, 1.82) is 5.26 Å². The zero-order valence-electron chi connectivity index (χ0n) is 13.7. The molecule has 20 heavy (non-hydrogen) atoms. The molecule has 1 saturated carbocycles. The third-order valence-corrected chi connectivity index (χ3v) is 4.17. The van der Waals surface area contributed by atoms with Gasteiger partial charge in [-0.1, -0.05) is 13.8 Å². The maximum atomic E-state index is 9.31. The number of nitrogens with one attached hydrogen (secondary N) is 1. The number of unbranched alkanes of at least 4 members (excludes halogenated alkanes) is 1. The normalized spacial score (nSPS) is 17.9. The maximum Gasteiger partial charge on any atom is 0.103 e. The SMILES string of the molecule is CCCNC(C)(C#N)CCCCN(CCC)CC1CC1. The maximum absolute atomic E-state index is 9.31. The van der Waals surface area contributed by atoms with E-state index in [-0.39, 0.29) is 5.54 Å². The second kappa shape index (κ2) is 9.37. The molecule has 0 aromatic rings. The van der Waals surface area contributed by atoms with Crippen LogP contribution in [0.5, 0.6) is 0 Å². The summed E-state index contributed by atoms with van der Waals surface area (Å²) in [6.45, 7) is 11.1. The summed E-state index contributed by atoms with van der Waals surface area (Å²) < 4.78 is 0. The molecule has 1 unspecified atom stereocenters. The van der Waals surface area contributed by atoms with E-state index in [0.29, 0.717) is 0 Å². The van der Waals surface area contributed by atoms with Gasteiger partial charge < -0.3 is 4.90 Å². The van der Waals surface area contributed by atoms with Crippen LogP contribution >= 0.6 is 0 Å². The molecule has 0 heterocycles. The highest BCUT2D eigenvalue weighted by atomic mass is 15.1. The fourth-order valence-electron chi connectivity index (χ4n) is 2.67. The van der Waals surface area contributed by atoms with E-state index in [1.807, 2.05) is 6.92 Å². The summed E-state index contributed by atoms with van der Waals surface area (Å²) in [5, 5.41) is 12.7. The molecule has 1 N–H and O–H groups in total. The molecule has 1 aliphatic rings. The lowest BCUT2D eigenvalue weighted by Crippen LogP contribution is -2.41. The predicted molar refractivity (Wildman–Crippen MR) is 85.6 cm³/mol. The van der Waals surface area contributed by atoms with Gasteiger partial charge >= 0.3 is 0 Å². The van der Waals surface area contributed by atoms with Crippen LogP contribution < -0.4 is 5.32 Å². The van der Waals surface area contributed by atoms with Crippen LogP contribution in [0.15, 0.2) is 0 Å². The molecule has 116 valence electrons. The standard InChI is InChI=1S/C17H33N3/c1-4-11-19-17(3,15-18)10-6-7-13-20(12-5-2)14-16-8-9-16/h16,19H,4-14H2,1-3H3. The molecule has 0 amide bonds. The van der Waals surface area contributed by atoms with Gasteiger partial charge in [0.2, 0.25) is 0 Å². The van der Waals surface area contributed by atoms with E-state index in [1.165, 1.54) is 45.3 Å². The Hall–Kier alpha value is -0.590. The molecule has 1 aliphatic carbocycles. The zero-order chi connectivity index (χ0) is 14.8. The van der Waals surface area contributed by atoms with Gasteiger partial charge in [-0.3, -0.25) is 5.32 Å². The van der Waals surface area contributed by atoms with Crippen molar-refractivity contribution < 1.29 is 0 Å². The van der Waals surface area contributed by atoms with Crippen molar-refractivity contribution in [2.24, 2.45) is 5.92 Å². The molecular formula is C17H33N3. The van der Waals surface area contributed by atoms with Crippen molar-refractivity contribution in [3.63, 3.8) is 0 Å². The first-order chi connectivity index (χ1) is 9.63. The van der Waals surface area contributed by atoms with E-state index in [2.05, 4.69) is 30.1 Å². The van der Waals surface area contributed by atoms with Crippen LogP contribution in [-0.4, -0.2) is 36.6 Å². The Morgan fingerprint density at radius 2 is 1.95 bits per heavy atom. The van der Waals surface area contributed by atoms with E-state index in [4.69, 9.17) is 0 Å². The van der Waals surface area contributed by atoms with Gasteiger partial charge in [0.25, 0.3) is 0 Å². The van der Waals surface area contributed by atoms with Gasteiger partial charge in [-0.2, -0.15) is 5.26 Å². The van der Waals surface area contributed by atoms with Gasteiger partial charge in [-0.15, -0.1) is 0 Å². The van der Waals surface area contributed by atoms with Crippen LogP contribution in [-0.2, 0) is 0 Å². The minimum Gasteiger partial charge on any atom is -0.303 e. The third-order valence-electron chi connectivity index (χ3n) is 4.17. The quantitative estimate of drug-likeness (QED) is 0.555. The average molecular weight is 279 g/mol. The van der Waals surface area contributed by atoms with Crippen molar-refractivity contribution in [1.82, 2.24) is 10.2 Å². The van der Waals surface area contributed by atoms with Crippen molar-refractivity contribution in [2.75, 3.05) is 26.2 Å². The Morgan fingerprint density at radius 1 is 1.20 bits per heavy atom. The molecule has 1 fully saturated rings. The molecule has 0 aromatic carbocycles. The summed E-state index contributed by atoms with van der Waals surface area (Å²) in [6, 6.07) is 2.44. The fraction of sp³-hybridized carbons (Fsp3) is 0.941. The summed E-state index contributed by atoms with van der Waals surface area (Å²) in [4.78, 5) is 2.63. The molecule has 0 aliphatic heterocycles. The predicted octanol–water partition coefficient (Wildman–Crippen LogP) is 3.56. The van der Waals surface area contributed by atoms with Crippen LogP contribution in [0.2, 0.25) is 0 Å². The second-order valence-electron chi connectivity index (χ2n) is 6.57. The van der Waals surface area contributed by atoms with Crippen LogP contribution in [0.4, 0.5) is 0 Å². The summed E-state index contributed by atoms with van der Waals surface area (Å²) in [6.07, 6.45) is 8.54. The number of hydrogen-bond acceptors (Lipinski definition) is 3. The topological polar surface area (TPSA) is 39.1 Å². The number of rotatable bonds is 12. The minimum absolute atomic E-state index is 0.331. The fourth-order valence-corrected chi connectivity index (χ4v) is 2.67. The van der Waals surface area contributed by atoms with E-state index >= 15 is 0 Å². The summed E-state index contributed by atoms with van der Waals surface area (Å²) in [5.41, 5.74) is -0.331. The molecule has 3 heteroatoms. The first kappa shape index (κ1) is 17.5. The largest absolute Gasteiger partial charge is 0.303 e. The Balaban J connectivity index is 2.18. The van der Waals surface area contributed by atoms with E-state index in [1.54, 1.807) is 0 Å². The van der Waals surface area contributed by atoms with Crippen molar-refractivity contribution in [3.8, 4) is 6.07 Å². The Labute approximate surface area is 125 Å². The van der Waals surface area contributed by atoms with Gasteiger partial charge in [-0.25, -0.2) is 0 Å². The van der Waals surface area contributed by atoms with Gasteiger partial charge in [0, 0.05) is 6.54 Å². The zero-order valence-corrected chi connectivity index (χ0v) is 13.7. The Bertz CT molecular complexity index is 293. The van der Waals surface area contributed by atoms with E-state index in [0.717, 1.165) is 31.7 Å². The van der Waals surface area contributed by atoms with Crippen LogP contribution in [0.1, 0.15) is 65.7 Å². The first-order valence-corrected chi connectivity index (χ1v) is 8.52. The van der Waals surface area contributed by atoms with Gasteiger partial charge in [0.15, 0.2) is 0 Å². The molecule has 0 saturated heterocycles. The Morgan fingerprint density at radius 3 is 2.50 bits per heavy atom. The lowest BCUT2D eigenvalue weighted by atomic mass is 9.96. The molecule has 0 spiro atoms. The van der Waals surface area contributed by atoms with Gasteiger partial charge in [0.1, 0.15) is 5.54 Å². The van der Waals surface area contributed by atoms with Gasteiger partial charge in [0.05, 0.1) is 6.07 Å². The lowest BCUT2D eigenvalue weighted by molar-refractivity contribution is 0.253. The number of nitrogens with zero attached hydrogens (tertiary/aromatic N) is 2.